The largest absolute Gasteiger partial charge is 0.432 e. The molecule has 1 aromatic carbocycles. The summed E-state index contributed by atoms with van der Waals surface area (Å²) in [5.41, 5.74) is 0.848. The summed E-state index contributed by atoms with van der Waals surface area (Å²) in [7, 11) is 0. The number of nitrogens with zero attached hydrogens (tertiary/aromatic N) is 4. The molecule has 1 atom stereocenters. The summed E-state index contributed by atoms with van der Waals surface area (Å²) in [6.45, 7) is 5.20. The highest BCUT2D eigenvalue weighted by molar-refractivity contribution is 5.82. The fourth-order valence-corrected chi connectivity index (χ4v) is 5.92. The summed E-state index contributed by atoms with van der Waals surface area (Å²) < 4.78 is 87.6. The molecule has 11 heteroatoms. The van der Waals surface area contributed by atoms with Gasteiger partial charge in [0.15, 0.2) is 0 Å². The van der Waals surface area contributed by atoms with Crippen molar-refractivity contribution in [3.05, 3.63) is 71.2 Å². The average Bonchev–Trinajstić information content (AvgIpc) is 3.61. The van der Waals surface area contributed by atoms with Gasteiger partial charge >= 0.3 is 12.4 Å². The monoisotopic (exact) mass is 592 g/mol. The molecule has 5 rings (SSSR count). The molecule has 226 valence electrons. The number of oxazole rings is 1. The Hall–Kier alpha value is -3.50. The zero-order valence-corrected chi connectivity index (χ0v) is 23.6. The van der Waals surface area contributed by atoms with E-state index in [0.717, 1.165) is 47.7 Å². The summed E-state index contributed by atoms with van der Waals surface area (Å²) >= 11 is 0. The van der Waals surface area contributed by atoms with Crippen molar-refractivity contribution in [2.45, 2.75) is 64.8 Å². The Morgan fingerprint density at radius 3 is 2.36 bits per heavy atom. The molecule has 0 unspecified atom stereocenters. The van der Waals surface area contributed by atoms with Gasteiger partial charge in [0.25, 0.3) is 6.01 Å². The molecular formula is C31H34F6N4O. The number of hydrogen-bond donors (Lipinski definition) is 0. The molecule has 2 aliphatic carbocycles. The molecule has 1 saturated carbocycles. The normalized spacial score (nSPS) is 18.3. The molecule has 2 aliphatic rings. The summed E-state index contributed by atoms with van der Waals surface area (Å²) in [4.78, 5) is 13.2. The third-order valence-corrected chi connectivity index (χ3v) is 8.02. The fraction of sp³-hybridized carbons (Fsp3) is 0.484. The Kier molecular flexibility index (Phi) is 8.57. The second kappa shape index (κ2) is 12.0. The van der Waals surface area contributed by atoms with E-state index in [2.05, 4.69) is 16.8 Å². The van der Waals surface area contributed by atoms with Crippen molar-refractivity contribution >= 4 is 22.7 Å². The number of aromatic nitrogens is 2. The van der Waals surface area contributed by atoms with Crippen molar-refractivity contribution in [2.75, 3.05) is 29.4 Å². The highest BCUT2D eigenvalue weighted by Crippen LogP contribution is 2.41. The third kappa shape index (κ3) is 6.93. The molecule has 0 aliphatic heterocycles. The van der Waals surface area contributed by atoms with Crippen molar-refractivity contribution in [1.82, 2.24) is 9.97 Å². The van der Waals surface area contributed by atoms with Gasteiger partial charge in [0.1, 0.15) is 12.1 Å². The maximum atomic E-state index is 13.7. The Morgan fingerprint density at radius 1 is 0.976 bits per heavy atom. The van der Waals surface area contributed by atoms with Crippen LogP contribution >= 0.6 is 0 Å². The Labute approximate surface area is 240 Å². The molecule has 5 nitrogen and oxygen atoms in total. The molecular weight excluding hydrogens is 558 g/mol. The van der Waals surface area contributed by atoms with Crippen LogP contribution in [0.15, 0.2) is 64.3 Å². The van der Waals surface area contributed by atoms with Crippen molar-refractivity contribution in [2.24, 2.45) is 11.8 Å². The first kappa shape index (κ1) is 30.0. The van der Waals surface area contributed by atoms with E-state index in [9.17, 15) is 26.3 Å². The molecule has 2 aromatic heterocycles. The minimum atomic E-state index is -4.91. The van der Waals surface area contributed by atoms with Crippen molar-refractivity contribution < 1.29 is 30.8 Å². The van der Waals surface area contributed by atoms with E-state index >= 15 is 0 Å². The maximum absolute atomic E-state index is 13.7. The van der Waals surface area contributed by atoms with Crippen LogP contribution in [0.1, 0.15) is 50.3 Å². The first-order valence-corrected chi connectivity index (χ1v) is 14.3. The molecule has 0 spiro atoms. The molecule has 0 saturated heterocycles. The lowest BCUT2D eigenvalue weighted by Crippen LogP contribution is -2.33. The Balaban J connectivity index is 1.53. The van der Waals surface area contributed by atoms with Crippen LogP contribution in [0.2, 0.25) is 0 Å². The van der Waals surface area contributed by atoms with Gasteiger partial charge < -0.3 is 14.2 Å². The number of allylic oxidation sites excluding steroid dienone is 3. The number of aryl methyl sites for hydroxylation is 1. The van der Waals surface area contributed by atoms with Crippen molar-refractivity contribution in [3.63, 3.8) is 0 Å². The van der Waals surface area contributed by atoms with Crippen LogP contribution in [-0.4, -0.2) is 42.0 Å². The zero-order valence-electron chi connectivity index (χ0n) is 23.6. The Bertz CT molecular complexity index is 1450. The van der Waals surface area contributed by atoms with E-state index in [1.165, 1.54) is 19.1 Å². The first-order chi connectivity index (χ1) is 19.9. The van der Waals surface area contributed by atoms with Crippen LogP contribution in [0.4, 0.5) is 38.2 Å². The molecule has 0 amide bonds. The highest BCUT2D eigenvalue weighted by Gasteiger charge is 2.44. The van der Waals surface area contributed by atoms with Gasteiger partial charge in [0, 0.05) is 30.6 Å². The van der Waals surface area contributed by atoms with Gasteiger partial charge in [-0.3, -0.25) is 0 Å². The Morgan fingerprint density at radius 2 is 1.71 bits per heavy atom. The van der Waals surface area contributed by atoms with Gasteiger partial charge in [-0.2, -0.15) is 31.3 Å². The lowest BCUT2D eigenvalue weighted by atomic mass is 9.89. The maximum Gasteiger partial charge on any atom is 0.416 e. The standard InChI is InChI=1S/C31H34F6N4O/c1-3-40(16-21-8-4-5-9-21)28-24(14-23-10-6-7-11-27(23)39-28)18-41(29-38-20(2)19-42-29)17-22-12-25(30(32,33)34)15-26(13-22)31(35,36)37/h6-7,10-12,14-15,19,21,26H,3-5,8-9,13,16-18H2,1-2H3/t26-/m1/s1. The number of hydrogen-bond acceptors (Lipinski definition) is 5. The number of para-hydroxylation sites is 1. The van der Waals surface area contributed by atoms with E-state index in [1.807, 2.05) is 30.3 Å². The van der Waals surface area contributed by atoms with E-state index in [-0.39, 0.29) is 30.8 Å². The minimum absolute atomic E-state index is 0.00314. The number of halogens is 6. The molecule has 42 heavy (non-hydrogen) atoms. The number of pyridine rings is 1. The molecule has 2 heterocycles. The van der Waals surface area contributed by atoms with Crippen LogP contribution in [0, 0.1) is 18.8 Å². The van der Waals surface area contributed by atoms with Crippen molar-refractivity contribution in [3.8, 4) is 0 Å². The minimum Gasteiger partial charge on any atom is -0.432 e. The van der Waals surface area contributed by atoms with Crippen LogP contribution in [0.25, 0.3) is 10.9 Å². The zero-order chi connectivity index (χ0) is 30.1. The first-order valence-electron chi connectivity index (χ1n) is 14.3. The lowest BCUT2D eigenvalue weighted by Gasteiger charge is -2.31. The molecule has 0 radical (unpaired) electrons. The lowest BCUT2D eigenvalue weighted by molar-refractivity contribution is -0.162. The van der Waals surface area contributed by atoms with Gasteiger partial charge in [-0.25, -0.2) is 4.98 Å². The van der Waals surface area contributed by atoms with Crippen LogP contribution in [0.5, 0.6) is 0 Å². The second-order valence-electron chi connectivity index (χ2n) is 11.3. The van der Waals surface area contributed by atoms with E-state index in [0.29, 0.717) is 18.2 Å². The SMILES string of the molecule is CCN(CC1CCCC1)c1nc2ccccc2cc1CN(CC1=CC(C(F)(F)F)=C[C@H](C(F)(F)F)C1)c1nc(C)co1. The fourth-order valence-electron chi connectivity index (χ4n) is 5.92. The predicted octanol–water partition coefficient (Wildman–Crippen LogP) is 8.55. The van der Waals surface area contributed by atoms with Gasteiger partial charge in [-0.15, -0.1) is 0 Å². The molecule has 1 fully saturated rings. The van der Waals surface area contributed by atoms with Gasteiger partial charge in [-0.05, 0) is 62.8 Å². The smallest absolute Gasteiger partial charge is 0.416 e. The van der Waals surface area contributed by atoms with Gasteiger partial charge in [-0.1, -0.05) is 37.1 Å². The van der Waals surface area contributed by atoms with Gasteiger partial charge in [0.2, 0.25) is 0 Å². The molecule has 3 aromatic rings. The van der Waals surface area contributed by atoms with Crippen LogP contribution < -0.4 is 9.80 Å². The summed E-state index contributed by atoms with van der Waals surface area (Å²) in [5.74, 6) is -0.948. The summed E-state index contributed by atoms with van der Waals surface area (Å²) in [5, 5.41) is 0.882. The highest BCUT2D eigenvalue weighted by atomic mass is 19.4. The molecule has 0 bridgehead atoms. The summed E-state index contributed by atoms with van der Waals surface area (Å²) in [6, 6.07) is 9.78. The van der Waals surface area contributed by atoms with Crippen LogP contribution in [0.3, 0.4) is 0 Å². The van der Waals surface area contributed by atoms with Crippen molar-refractivity contribution in [1.29, 1.82) is 0 Å². The number of fused-ring (bicyclic) bond motifs is 1. The van der Waals surface area contributed by atoms with Crippen LogP contribution in [-0.2, 0) is 6.54 Å². The average molecular weight is 593 g/mol. The number of benzene rings is 1. The number of alkyl halides is 6. The topological polar surface area (TPSA) is 45.4 Å². The predicted molar refractivity (Wildman–Crippen MR) is 150 cm³/mol. The summed E-state index contributed by atoms with van der Waals surface area (Å²) in [6.07, 6.45) is -3.11. The van der Waals surface area contributed by atoms with E-state index in [1.54, 1.807) is 11.8 Å². The second-order valence-corrected chi connectivity index (χ2v) is 11.3. The third-order valence-electron chi connectivity index (χ3n) is 8.02. The van der Waals surface area contributed by atoms with E-state index in [4.69, 9.17) is 9.40 Å². The number of anilines is 2. The molecule has 0 N–H and O–H groups in total. The quantitative estimate of drug-likeness (QED) is 0.233. The van der Waals surface area contributed by atoms with Gasteiger partial charge in [0.05, 0.1) is 29.2 Å². The number of rotatable bonds is 9. The van der Waals surface area contributed by atoms with E-state index < -0.39 is 30.3 Å².